The van der Waals surface area contributed by atoms with E-state index in [0.717, 1.165) is 83.3 Å². The lowest BCUT2D eigenvalue weighted by atomic mass is 9.98. The fourth-order valence-electron chi connectivity index (χ4n) is 11.4. The van der Waals surface area contributed by atoms with E-state index in [1.807, 2.05) is 24.3 Å². The van der Waals surface area contributed by atoms with E-state index in [1.54, 1.807) is 0 Å². The second-order valence-electron chi connectivity index (χ2n) is 20.3. The minimum absolute atomic E-state index is 0.943. The SMILES string of the molecule is C=CC=c1c(=C)n(-c2ccc(-n3c4ccccc4c4cc(-c5ccc(-c6ccc(N(C(C=C)=CC=Cc7ccc(-c8ccccc8)cc7)c7ccc(-c8ccc(-c9ccccc9)cc8)cc7)cc6)cc5)ccc43)cc2)c2ccccc12. The zero-order chi connectivity index (χ0) is 54.7. The van der Waals surface area contributed by atoms with E-state index in [-0.39, 0.29) is 0 Å². The quantitative estimate of drug-likeness (QED) is 0.0990. The number of benzene rings is 11. The number of para-hydroxylation sites is 2. The van der Waals surface area contributed by atoms with Crippen LogP contribution in [0.2, 0.25) is 0 Å². The first kappa shape index (κ1) is 49.8. The maximum Gasteiger partial charge on any atom is 0.0541 e. The van der Waals surface area contributed by atoms with Gasteiger partial charge in [-0.1, -0.05) is 244 Å². The van der Waals surface area contributed by atoms with Gasteiger partial charge >= 0.3 is 0 Å². The number of hydrogen-bond donors (Lipinski definition) is 0. The molecule has 384 valence electrons. The van der Waals surface area contributed by atoms with Gasteiger partial charge in [0.25, 0.3) is 0 Å². The fourth-order valence-corrected chi connectivity index (χ4v) is 11.4. The van der Waals surface area contributed by atoms with Gasteiger partial charge in [0.15, 0.2) is 0 Å². The largest absolute Gasteiger partial charge is 0.311 e. The number of aromatic nitrogens is 2. The van der Waals surface area contributed by atoms with E-state index in [4.69, 9.17) is 0 Å². The lowest BCUT2D eigenvalue weighted by molar-refractivity contribution is 1.07. The van der Waals surface area contributed by atoms with Crippen LogP contribution in [0.15, 0.2) is 316 Å². The van der Waals surface area contributed by atoms with Crippen LogP contribution in [-0.2, 0) is 0 Å². The Balaban J connectivity index is 0.780. The van der Waals surface area contributed by atoms with Gasteiger partial charge in [-0.15, -0.1) is 0 Å². The van der Waals surface area contributed by atoms with Crippen molar-refractivity contribution in [1.29, 1.82) is 0 Å². The Morgan fingerprint density at radius 3 is 1.26 bits per heavy atom. The Labute approximate surface area is 473 Å². The summed E-state index contributed by atoms with van der Waals surface area (Å²) in [6.45, 7) is 12.8. The molecule has 0 aliphatic rings. The van der Waals surface area contributed by atoms with Crippen molar-refractivity contribution in [2.24, 2.45) is 0 Å². The van der Waals surface area contributed by atoms with Crippen LogP contribution in [-0.4, -0.2) is 9.13 Å². The normalized spacial score (nSPS) is 12.0. The molecule has 0 radical (unpaired) electrons. The van der Waals surface area contributed by atoms with Crippen molar-refractivity contribution >= 4 is 62.8 Å². The van der Waals surface area contributed by atoms with Crippen LogP contribution in [0.5, 0.6) is 0 Å². The van der Waals surface area contributed by atoms with Crippen LogP contribution in [0.3, 0.4) is 0 Å². The van der Waals surface area contributed by atoms with Crippen molar-refractivity contribution < 1.29 is 0 Å². The molecule has 0 saturated heterocycles. The number of nitrogens with zero attached hydrogens (tertiary/aromatic N) is 3. The number of anilines is 2. The van der Waals surface area contributed by atoms with E-state index in [9.17, 15) is 0 Å². The standard InChI is InChI=1S/C78H57N3/c1-4-17-72-55(3)79(76-26-14-12-24-73(72)76)68-49-51-71(52-50-68)81-77-27-15-13-25-74(77)75-54-66(44-53-78(75)81)65-38-36-62(37-39-65)64-42-47-70(48-43-64)80(67(5-2)23-16-18-56-28-30-59(31-29-56)57-19-8-6-9-20-57)69-45-40-63(41-46-69)61-34-32-60(33-35-61)58-21-10-7-11-22-58/h4-54H,1-3H2. The second kappa shape index (κ2) is 21.9. The van der Waals surface area contributed by atoms with E-state index in [1.165, 1.54) is 49.7 Å². The minimum Gasteiger partial charge on any atom is -0.311 e. The van der Waals surface area contributed by atoms with E-state index in [0.29, 0.717) is 0 Å². The first-order valence-electron chi connectivity index (χ1n) is 27.5. The molecule has 13 rings (SSSR count). The maximum absolute atomic E-state index is 4.49. The molecule has 0 aliphatic carbocycles. The third kappa shape index (κ3) is 9.75. The Hall–Kier alpha value is -10.7. The van der Waals surface area contributed by atoms with Gasteiger partial charge in [0.05, 0.1) is 16.6 Å². The van der Waals surface area contributed by atoms with Crippen LogP contribution >= 0.6 is 0 Å². The van der Waals surface area contributed by atoms with Gasteiger partial charge in [0.1, 0.15) is 0 Å². The van der Waals surface area contributed by atoms with Crippen LogP contribution in [0.1, 0.15) is 5.56 Å². The average Bonchev–Trinajstić information content (AvgIpc) is 4.26. The lowest BCUT2D eigenvalue weighted by Crippen LogP contribution is -2.26. The van der Waals surface area contributed by atoms with E-state index >= 15 is 0 Å². The predicted octanol–water partition coefficient (Wildman–Crippen LogP) is 19.4. The Bertz CT molecular complexity index is 4600. The van der Waals surface area contributed by atoms with Gasteiger partial charge in [-0.25, -0.2) is 0 Å². The number of allylic oxidation sites excluding steroid dienone is 4. The predicted molar refractivity (Wildman–Crippen MR) is 347 cm³/mol. The minimum atomic E-state index is 0.943. The van der Waals surface area contributed by atoms with Gasteiger partial charge in [-0.3, -0.25) is 0 Å². The van der Waals surface area contributed by atoms with Crippen molar-refractivity contribution in [3.8, 4) is 67.0 Å². The average molecular weight is 1040 g/mol. The highest BCUT2D eigenvalue weighted by molar-refractivity contribution is 6.10. The number of hydrogen-bond acceptors (Lipinski definition) is 1. The summed E-state index contributed by atoms with van der Waals surface area (Å²) < 4.78 is 4.61. The molecule has 0 saturated carbocycles. The molecule has 13 aromatic rings. The van der Waals surface area contributed by atoms with Crippen molar-refractivity contribution in [3.05, 3.63) is 332 Å². The molecule has 0 fully saturated rings. The van der Waals surface area contributed by atoms with Crippen molar-refractivity contribution in [1.82, 2.24) is 9.13 Å². The van der Waals surface area contributed by atoms with Crippen molar-refractivity contribution in [2.45, 2.75) is 0 Å². The highest BCUT2D eigenvalue weighted by Crippen LogP contribution is 2.38. The maximum atomic E-state index is 4.49. The first-order valence-corrected chi connectivity index (χ1v) is 27.5. The Morgan fingerprint density at radius 2 is 0.753 bits per heavy atom. The molecule has 0 amide bonds. The summed E-state index contributed by atoms with van der Waals surface area (Å²) in [6, 6.07) is 98.0. The fraction of sp³-hybridized carbons (Fsp3) is 0. The molecule has 0 aliphatic heterocycles. The Morgan fingerprint density at radius 1 is 0.358 bits per heavy atom. The summed E-state index contributed by atoms with van der Waals surface area (Å²) in [7, 11) is 0. The highest BCUT2D eigenvalue weighted by atomic mass is 15.1. The molecule has 3 nitrogen and oxygen atoms in total. The van der Waals surface area contributed by atoms with Crippen molar-refractivity contribution in [2.75, 3.05) is 4.90 Å². The summed E-state index contributed by atoms with van der Waals surface area (Å²) in [5.41, 5.74) is 21.5. The molecule has 0 atom stereocenters. The smallest absolute Gasteiger partial charge is 0.0541 e. The summed E-state index contributed by atoms with van der Waals surface area (Å²) in [6.07, 6.45) is 12.2. The monoisotopic (exact) mass is 1040 g/mol. The molecular weight excluding hydrogens is 979 g/mol. The summed E-state index contributed by atoms with van der Waals surface area (Å²) in [5, 5.41) is 5.63. The van der Waals surface area contributed by atoms with Gasteiger partial charge in [0.2, 0.25) is 0 Å². The van der Waals surface area contributed by atoms with Crippen molar-refractivity contribution in [3.63, 3.8) is 0 Å². The van der Waals surface area contributed by atoms with Gasteiger partial charge in [0, 0.05) is 55.2 Å². The van der Waals surface area contributed by atoms with E-state index < -0.39 is 0 Å². The molecule has 0 bridgehead atoms. The van der Waals surface area contributed by atoms with E-state index in [2.05, 4.69) is 319 Å². The summed E-state index contributed by atoms with van der Waals surface area (Å²) >= 11 is 0. The molecular formula is C78H57N3. The molecule has 0 N–H and O–H groups in total. The van der Waals surface area contributed by atoms with Crippen LogP contribution < -0.4 is 15.5 Å². The Kier molecular flexibility index (Phi) is 13.5. The van der Waals surface area contributed by atoms with Crippen LogP contribution in [0.25, 0.3) is 118 Å². The molecule has 0 spiro atoms. The second-order valence-corrected chi connectivity index (χ2v) is 20.3. The van der Waals surface area contributed by atoms with Gasteiger partial charge in [-0.05, 0) is 146 Å². The molecule has 0 unspecified atom stereocenters. The topological polar surface area (TPSA) is 13.1 Å². The number of rotatable bonds is 14. The zero-order valence-electron chi connectivity index (χ0n) is 44.9. The summed E-state index contributed by atoms with van der Waals surface area (Å²) in [5.74, 6) is 0. The molecule has 2 heterocycles. The molecule has 11 aromatic carbocycles. The number of fused-ring (bicyclic) bond motifs is 4. The molecule has 81 heavy (non-hydrogen) atoms. The van der Waals surface area contributed by atoms with Crippen LogP contribution in [0, 0.1) is 0 Å². The van der Waals surface area contributed by atoms with Crippen LogP contribution in [0.4, 0.5) is 11.4 Å². The molecule has 3 heteroatoms. The third-order valence-electron chi connectivity index (χ3n) is 15.5. The zero-order valence-corrected chi connectivity index (χ0v) is 44.9. The van der Waals surface area contributed by atoms with Gasteiger partial charge < -0.3 is 14.0 Å². The highest BCUT2D eigenvalue weighted by Gasteiger charge is 2.17. The third-order valence-corrected chi connectivity index (χ3v) is 15.5. The summed E-state index contributed by atoms with van der Waals surface area (Å²) in [4.78, 5) is 2.27. The lowest BCUT2D eigenvalue weighted by Gasteiger charge is -2.26. The van der Waals surface area contributed by atoms with Gasteiger partial charge in [-0.2, -0.15) is 0 Å². The first-order chi connectivity index (χ1) is 40.0. The molecule has 2 aromatic heterocycles.